The zero-order chi connectivity index (χ0) is 11.8. The zero-order valence-corrected chi connectivity index (χ0v) is 9.64. The van der Waals surface area contributed by atoms with Crippen molar-refractivity contribution >= 4 is 17.7 Å². The fourth-order valence-corrected chi connectivity index (χ4v) is 2.42. The highest BCUT2D eigenvalue weighted by atomic mass is 35.5. The Morgan fingerprint density at radius 1 is 1.50 bits per heavy atom. The van der Waals surface area contributed by atoms with Gasteiger partial charge in [0.25, 0.3) is 0 Å². The van der Waals surface area contributed by atoms with Gasteiger partial charge in [-0.2, -0.15) is 4.99 Å². The summed E-state index contributed by atoms with van der Waals surface area (Å²) in [7, 11) is 0. The van der Waals surface area contributed by atoms with Crippen molar-refractivity contribution < 1.29 is 9.18 Å². The molecule has 84 valence electrons. The molecule has 0 bridgehead atoms. The number of rotatable bonds is 2. The van der Waals surface area contributed by atoms with Crippen LogP contribution in [0.4, 0.5) is 4.39 Å². The SMILES string of the molecule is Cc1ccc(Cl)c(C2(N=C=O)CCC2)c1F. The summed E-state index contributed by atoms with van der Waals surface area (Å²) in [6, 6.07) is 3.27. The predicted octanol–water partition coefficient (Wildman–Crippen LogP) is 3.50. The summed E-state index contributed by atoms with van der Waals surface area (Å²) in [4.78, 5) is 14.2. The molecule has 1 fully saturated rings. The third-order valence-corrected chi connectivity index (χ3v) is 3.50. The molecule has 0 amide bonds. The highest BCUT2D eigenvalue weighted by Gasteiger charge is 2.42. The van der Waals surface area contributed by atoms with Crippen LogP contribution in [0.3, 0.4) is 0 Å². The lowest BCUT2D eigenvalue weighted by Gasteiger charge is -2.38. The van der Waals surface area contributed by atoms with Crippen LogP contribution in [0.5, 0.6) is 0 Å². The Hall–Kier alpha value is -1.18. The number of isocyanates is 1. The molecule has 2 rings (SSSR count). The number of halogens is 2. The zero-order valence-electron chi connectivity index (χ0n) is 8.89. The van der Waals surface area contributed by atoms with E-state index in [2.05, 4.69) is 4.99 Å². The summed E-state index contributed by atoms with van der Waals surface area (Å²) in [5, 5.41) is 0.335. The first-order valence-electron chi connectivity index (χ1n) is 5.15. The smallest absolute Gasteiger partial charge is 0.211 e. The molecule has 2 nitrogen and oxygen atoms in total. The van der Waals surface area contributed by atoms with E-state index >= 15 is 0 Å². The van der Waals surface area contributed by atoms with E-state index in [1.165, 1.54) is 6.08 Å². The Kier molecular flexibility index (Phi) is 2.83. The quantitative estimate of drug-likeness (QED) is 0.574. The fraction of sp³-hybridized carbons (Fsp3) is 0.417. The number of nitrogens with zero attached hydrogens (tertiary/aromatic N) is 1. The van der Waals surface area contributed by atoms with Crippen molar-refractivity contribution in [2.24, 2.45) is 4.99 Å². The second-order valence-electron chi connectivity index (χ2n) is 4.14. The molecule has 1 aliphatic carbocycles. The summed E-state index contributed by atoms with van der Waals surface area (Å²) in [6.07, 6.45) is 3.77. The third kappa shape index (κ3) is 1.57. The lowest BCUT2D eigenvalue weighted by Crippen LogP contribution is -2.33. The molecule has 0 aromatic heterocycles. The van der Waals surface area contributed by atoms with E-state index in [4.69, 9.17) is 11.6 Å². The van der Waals surface area contributed by atoms with Crippen molar-refractivity contribution in [1.82, 2.24) is 0 Å². The number of aliphatic imine (C=N–C) groups is 1. The highest BCUT2D eigenvalue weighted by molar-refractivity contribution is 6.31. The molecule has 0 radical (unpaired) electrons. The van der Waals surface area contributed by atoms with Gasteiger partial charge in [-0.05, 0) is 37.8 Å². The van der Waals surface area contributed by atoms with E-state index in [-0.39, 0.29) is 5.82 Å². The van der Waals surface area contributed by atoms with Crippen LogP contribution < -0.4 is 0 Å². The van der Waals surface area contributed by atoms with Crippen molar-refractivity contribution in [2.75, 3.05) is 0 Å². The van der Waals surface area contributed by atoms with Gasteiger partial charge in [-0.3, -0.25) is 0 Å². The summed E-state index contributed by atoms with van der Waals surface area (Å²) in [5.74, 6) is -0.355. The number of benzene rings is 1. The topological polar surface area (TPSA) is 29.4 Å². The van der Waals surface area contributed by atoms with Crippen LogP contribution in [-0.2, 0) is 10.3 Å². The largest absolute Gasteiger partial charge is 0.235 e. The first-order valence-corrected chi connectivity index (χ1v) is 5.53. The minimum absolute atomic E-state index is 0.335. The Morgan fingerprint density at radius 3 is 2.69 bits per heavy atom. The van der Waals surface area contributed by atoms with Crippen LogP contribution in [0.2, 0.25) is 5.02 Å². The van der Waals surface area contributed by atoms with Crippen LogP contribution in [0.1, 0.15) is 30.4 Å². The minimum atomic E-state index is -0.769. The Morgan fingerprint density at radius 2 is 2.19 bits per heavy atom. The Labute approximate surface area is 98.1 Å². The standard InChI is InChI=1S/C12H11ClFNO/c1-8-3-4-9(13)10(11(8)14)12(15-7-16)5-2-6-12/h3-4H,2,5-6H2,1H3. The summed E-state index contributed by atoms with van der Waals surface area (Å²) in [6.45, 7) is 1.67. The summed E-state index contributed by atoms with van der Waals surface area (Å²) < 4.78 is 14.0. The molecule has 1 aliphatic rings. The Balaban J connectivity index is 2.62. The van der Waals surface area contributed by atoms with Gasteiger partial charge in [-0.15, -0.1) is 0 Å². The average molecular weight is 240 g/mol. The molecule has 0 unspecified atom stereocenters. The van der Waals surface area contributed by atoms with Crippen molar-refractivity contribution in [2.45, 2.75) is 31.7 Å². The predicted molar refractivity (Wildman–Crippen MR) is 59.8 cm³/mol. The Bertz CT molecular complexity index is 476. The monoisotopic (exact) mass is 239 g/mol. The van der Waals surface area contributed by atoms with Crippen LogP contribution >= 0.6 is 11.6 Å². The van der Waals surface area contributed by atoms with Crippen molar-refractivity contribution in [3.05, 3.63) is 34.1 Å². The lowest BCUT2D eigenvalue weighted by molar-refractivity contribution is 0.247. The van der Waals surface area contributed by atoms with E-state index in [9.17, 15) is 9.18 Å². The number of aryl methyl sites for hydroxylation is 1. The van der Waals surface area contributed by atoms with Crippen LogP contribution in [0.25, 0.3) is 0 Å². The van der Waals surface area contributed by atoms with Gasteiger partial charge < -0.3 is 0 Å². The molecular weight excluding hydrogens is 229 g/mol. The molecule has 1 aromatic carbocycles. The van der Waals surface area contributed by atoms with E-state index in [1.54, 1.807) is 19.1 Å². The van der Waals surface area contributed by atoms with Gasteiger partial charge in [0.05, 0.1) is 0 Å². The molecule has 1 saturated carbocycles. The van der Waals surface area contributed by atoms with Gasteiger partial charge in [0, 0.05) is 10.6 Å². The molecule has 0 saturated heterocycles. The number of carbonyl (C=O) groups excluding carboxylic acids is 1. The maximum absolute atomic E-state index is 14.0. The van der Waals surface area contributed by atoms with E-state index in [0.29, 0.717) is 29.0 Å². The van der Waals surface area contributed by atoms with Crippen LogP contribution in [-0.4, -0.2) is 6.08 Å². The minimum Gasteiger partial charge on any atom is -0.211 e. The van der Waals surface area contributed by atoms with Crippen LogP contribution in [0, 0.1) is 12.7 Å². The van der Waals surface area contributed by atoms with Gasteiger partial charge in [-0.1, -0.05) is 17.7 Å². The molecule has 0 spiro atoms. The molecule has 0 heterocycles. The van der Waals surface area contributed by atoms with Crippen molar-refractivity contribution in [3.8, 4) is 0 Å². The number of hydrogen-bond donors (Lipinski definition) is 0. The average Bonchev–Trinajstić information content (AvgIpc) is 2.20. The number of hydrogen-bond acceptors (Lipinski definition) is 2. The van der Waals surface area contributed by atoms with Crippen molar-refractivity contribution in [3.63, 3.8) is 0 Å². The van der Waals surface area contributed by atoms with Gasteiger partial charge >= 0.3 is 0 Å². The summed E-state index contributed by atoms with van der Waals surface area (Å²) >= 11 is 6.00. The second kappa shape index (κ2) is 4.00. The molecule has 1 aromatic rings. The van der Waals surface area contributed by atoms with Gasteiger partial charge in [0.1, 0.15) is 11.4 Å². The second-order valence-corrected chi connectivity index (χ2v) is 4.55. The highest BCUT2D eigenvalue weighted by Crippen LogP contribution is 2.48. The maximum atomic E-state index is 14.0. The normalized spacial score (nSPS) is 17.4. The van der Waals surface area contributed by atoms with Gasteiger partial charge in [0.2, 0.25) is 6.08 Å². The molecule has 0 N–H and O–H groups in total. The molecular formula is C12H11ClFNO. The first kappa shape index (κ1) is 11.3. The van der Waals surface area contributed by atoms with Crippen molar-refractivity contribution in [1.29, 1.82) is 0 Å². The van der Waals surface area contributed by atoms with E-state index < -0.39 is 5.54 Å². The third-order valence-electron chi connectivity index (χ3n) is 3.19. The van der Waals surface area contributed by atoms with Gasteiger partial charge in [-0.25, -0.2) is 9.18 Å². The first-order chi connectivity index (χ1) is 7.60. The van der Waals surface area contributed by atoms with E-state index in [1.807, 2.05) is 0 Å². The van der Waals surface area contributed by atoms with Gasteiger partial charge in [0.15, 0.2) is 0 Å². The fourth-order valence-electron chi connectivity index (χ4n) is 2.10. The molecule has 4 heteroatoms. The maximum Gasteiger partial charge on any atom is 0.235 e. The summed E-state index contributed by atoms with van der Waals surface area (Å²) in [5.41, 5.74) is 0.102. The molecule has 0 aliphatic heterocycles. The lowest BCUT2D eigenvalue weighted by atomic mass is 9.72. The van der Waals surface area contributed by atoms with E-state index in [0.717, 1.165) is 6.42 Å². The molecule has 0 atom stereocenters. The van der Waals surface area contributed by atoms with Crippen LogP contribution in [0.15, 0.2) is 17.1 Å². The molecule has 16 heavy (non-hydrogen) atoms.